The SMILES string of the molecule is COCOCC1(CCC(=O)OC)CC2CC1C(C1C(=O)OC(=O)C1C)C2C. The van der Waals surface area contributed by atoms with Crippen LogP contribution in [0.25, 0.3) is 0 Å². The molecule has 152 valence electrons. The Morgan fingerprint density at radius 3 is 2.52 bits per heavy atom. The van der Waals surface area contributed by atoms with E-state index in [0.29, 0.717) is 31.3 Å². The number of carbonyl (C=O) groups is 3. The first-order valence-electron chi connectivity index (χ1n) is 9.73. The lowest BCUT2D eigenvalue weighted by atomic mass is 9.59. The van der Waals surface area contributed by atoms with E-state index in [1.807, 2.05) is 0 Å². The van der Waals surface area contributed by atoms with Crippen LogP contribution in [-0.4, -0.2) is 45.5 Å². The molecule has 1 saturated heterocycles. The summed E-state index contributed by atoms with van der Waals surface area (Å²) in [5, 5.41) is 0. The number of fused-ring (bicyclic) bond motifs is 2. The second kappa shape index (κ2) is 7.87. The van der Waals surface area contributed by atoms with Crippen molar-refractivity contribution in [1.29, 1.82) is 0 Å². The van der Waals surface area contributed by atoms with Gasteiger partial charge in [0.1, 0.15) is 6.79 Å². The summed E-state index contributed by atoms with van der Waals surface area (Å²) in [4.78, 5) is 36.2. The molecule has 3 fully saturated rings. The molecule has 0 N–H and O–H groups in total. The van der Waals surface area contributed by atoms with Crippen LogP contribution < -0.4 is 0 Å². The second-order valence-electron chi connectivity index (χ2n) is 8.49. The molecule has 2 saturated carbocycles. The van der Waals surface area contributed by atoms with Crippen molar-refractivity contribution in [1.82, 2.24) is 0 Å². The van der Waals surface area contributed by atoms with Gasteiger partial charge in [0.15, 0.2) is 0 Å². The van der Waals surface area contributed by atoms with Crippen LogP contribution in [0.5, 0.6) is 0 Å². The monoisotopic (exact) mass is 382 g/mol. The quantitative estimate of drug-likeness (QED) is 0.275. The molecule has 1 heterocycles. The van der Waals surface area contributed by atoms with Crippen molar-refractivity contribution in [3.8, 4) is 0 Å². The van der Waals surface area contributed by atoms with E-state index in [0.717, 1.165) is 12.8 Å². The first-order valence-corrected chi connectivity index (χ1v) is 9.73. The average molecular weight is 382 g/mol. The topological polar surface area (TPSA) is 88.1 Å². The molecule has 0 aromatic rings. The van der Waals surface area contributed by atoms with Gasteiger partial charge in [0.2, 0.25) is 0 Å². The molecular formula is C20H30O7. The molecule has 0 radical (unpaired) electrons. The van der Waals surface area contributed by atoms with Crippen LogP contribution in [0.3, 0.4) is 0 Å². The molecule has 1 aliphatic heterocycles. The van der Waals surface area contributed by atoms with Crippen molar-refractivity contribution < 1.29 is 33.3 Å². The third-order valence-corrected chi connectivity index (χ3v) is 7.27. The van der Waals surface area contributed by atoms with Gasteiger partial charge in [0, 0.05) is 13.5 Å². The molecule has 0 amide bonds. The zero-order valence-electron chi connectivity index (χ0n) is 16.6. The minimum atomic E-state index is -0.421. The van der Waals surface area contributed by atoms with Crippen molar-refractivity contribution in [2.24, 2.45) is 40.9 Å². The summed E-state index contributed by atoms with van der Waals surface area (Å²) in [7, 11) is 2.97. The van der Waals surface area contributed by atoms with E-state index in [9.17, 15) is 14.4 Å². The Bertz CT molecular complexity index is 603. The lowest BCUT2D eigenvalue weighted by molar-refractivity contribution is -0.155. The molecule has 0 spiro atoms. The van der Waals surface area contributed by atoms with E-state index in [-0.39, 0.29) is 30.0 Å². The predicted octanol–water partition coefficient (Wildman–Crippen LogP) is 2.17. The maximum absolute atomic E-state index is 12.4. The largest absolute Gasteiger partial charge is 0.469 e. The first-order chi connectivity index (χ1) is 12.8. The normalized spacial score (nSPS) is 40.4. The maximum atomic E-state index is 12.4. The third kappa shape index (κ3) is 3.51. The molecule has 7 nitrogen and oxygen atoms in total. The highest BCUT2D eigenvalue weighted by Gasteiger charge is 2.63. The fraction of sp³-hybridized carbons (Fsp3) is 0.850. The summed E-state index contributed by atoms with van der Waals surface area (Å²) in [6, 6.07) is 0. The molecular weight excluding hydrogens is 352 g/mol. The number of carbonyl (C=O) groups excluding carboxylic acids is 3. The smallest absolute Gasteiger partial charge is 0.317 e. The van der Waals surface area contributed by atoms with E-state index in [1.54, 1.807) is 14.0 Å². The Balaban J connectivity index is 1.85. The number of esters is 3. The molecule has 0 aromatic heterocycles. The fourth-order valence-corrected chi connectivity index (χ4v) is 5.97. The highest BCUT2D eigenvalue weighted by molar-refractivity contribution is 5.96. The lowest BCUT2D eigenvalue weighted by Gasteiger charge is -2.45. The van der Waals surface area contributed by atoms with E-state index < -0.39 is 23.8 Å². The molecule has 0 aromatic carbocycles. The highest BCUT2D eigenvalue weighted by atomic mass is 16.7. The van der Waals surface area contributed by atoms with E-state index in [2.05, 4.69) is 6.92 Å². The Morgan fingerprint density at radius 1 is 1.22 bits per heavy atom. The summed E-state index contributed by atoms with van der Waals surface area (Å²) >= 11 is 0. The summed E-state index contributed by atoms with van der Waals surface area (Å²) in [6.07, 6.45) is 2.92. The number of hydrogen-bond acceptors (Lipinski definition) is 7. The molecule has 2 aliphatic carbocycles. The van der Waals surface area contributed by atoms with Gasteiger partial charge in [-0.3, -0.25) is 14.4 Å². The molecule has 27 heavy (non-hydrogen) atoms. The molecule has 7 unspecified atom stereocenters. The number of rotatable bonds is 8. The number of hydrogen-bond donors (Lipinski definition) is 0. The zero-order valence-corrected chi connectivity index (χ0v) is 16.6. The average Bonchev–Trinajstić information content (AvgIpc) is 3.24. The van der Waals surface area contributed by atoms with Gasteiger partial charge in [-0.2, -0.15) is 0 Å². The Labute approximate surface area is 160 Å². The van der Waals surface area contributed by atoms with Crippen LogP contribution in [0.15, 0.2) is 0 Å². The predicted molar refractivity (Wildman–Crippen MR) is 94.1 cm³/mol. The van der Waals surface area contributed by atoms with Gasteiger partial charge < -0.3 is 18.9 Å². The summed E-state index contributed by atoms with van der Waals surface area (Å²) in [5.41, 5.74) is -0.208. The highest BCUT2D eigenvalue weighted by Crippen LogP contribution is 2.65. The molecule has 2 bridgehead atoms. The molecule has 7 atom stereocenters. The van der Waals surface area contributed by atoms with Crippen LogP contribution in [-0.2, 0) is 33.3 Å². The van der Waals surface area contributed by atoms with Gasteiger partial charge in [-0.1, -0.05) is 13.8 Å². The van der Waals surface area contributed by atoms with Gasteiger partial charge >= 0.3 is 17.9 Å². The van der Waals surface area contributed by atoms with E-state index in [1.165, 1.54) is 7.11 Å². The van der Waals surface area contributed by atoms with Gasteiger partial charge in [-0.25, -0.2) is 0 Å². The van der Waals surface area contributed by atoms with Crippen molar-refractivity contribution >= 4 is 17.9 Å². The van der Waals surface area contributed by atoms with Crippen LogP contribution in [0, 0.1) is 40.9 Å². The van der Waals surface area contributed by atoms with Crippen LogP contribution in [0.4, 0.5) is 0 Å². The summed E-state index contributed by atoms with van der Waals surface area (Å²) in [6.45, 7) is 4.64. The van der Waals surface area contributed by atoms with Crippen LogP contribution >= 0.6 is 0 Å². The van der Waals surface area contributed by atoms with Gasteiger partial charge in [0.05, 0.1) is 25.6 Å². The van der Waals surface area contributed by atoms with Crippen molar-refractivity contribution in [2.75, 3.05) is 27.6 Å². The third-order valence-electron chi connectivity index (χ3n) is 7.27. The Morgan fingerprint density at radius 2 is 1.96 bits per heavy atom. The standard InChI is InChI=1S/C20H30O7/c1-11-13-7-14(16(11)17-12(2)18(22)27-19(17)23)20(8-13,9-26-10-24-3)6-5-15(21)25-4/h11-14,16-17H,5-10H2,1-4H3. The van der Waals surface area contributed by atoms with Gasteiger partial charge in [-0.15, -0.1) is 0 Å². The molecule has 7 heteroatoms. The maximum Gasteiger partial charge on any atom is 0.317 e. The summed E-state index contributed by atoms with van der Waals surface area (Å²) < 4.78 is 20.6. The fourth-order valence-electron chi connectivity index (χ4n) is 5.97. The Hall–Kier alpha value is -1.47. The van der Waals surface area contributed by atoms with E-state index in [4.69, 9.17) is 18.9 Å². The Kier molecular flexibility index (Phi) is 5.91. The minimum absolute atomic E-state index is 0.0708. The van der Waals surface area contributed by atoms with Crippen molar-refractivity contribution in [2.45, 2.75) is 39.5 Å². The minimum Gasteiger partial charge on any atom is -0.469 e. The molecule has 3 aliphatic rings. The van der Waals surface area contributed by atoms with Crippen LogP contribution in [0.1, 0.15) is 39.5 Å². The van der Waals surface area contributed by atoms with Crippen molar-refractivity contribution in [3.63, 3.8) is 0 Å². The van der Waals surface area contributed by atoms with Crippen molar-refractivity contribution in [3.05, 3.63) is 0 Å². The molecule has 3 rings (SSSR count). The number of methoxy groups -OCH3 is 2. The van der Waals surface area contributed by atoms with Gasteiger partial charge in [0.25, 0.3) is 0 Å². The van der Waals surface area contributed by atoms with Gasteiger partial charge in [-0.05, 0) is 48.3 Å². The first kappa shape index (κ1) is 20.3. The number of ether oxygens (including phenoxy) is 4. The van der Waals surface area contributed by atoms with E-state index >= 15 is 0 Å². The second-order valence-corrected chi connectivity index (χ2v) is 8.49. The number of cyclic esters (lactones) is 2. The lowest BCUT2D eigenvalue weighted by Crippen LogP contribution is -2.45. The zero-order chi connectivity index (χ0) is 19.8. The van der Waals surface area contributed by atoms with Crippen LogP contribution in [0.2, 0.25) is 0 Å². The summed E-state index contributed by atoms with van der Waals surface area (Å²) in [5.74, 6) is -0.782.